The van der Waals surface area contributed by atoms with Gasteiger partial charge in [0.1, 0.15) is 0 Å². The van der Waals surface area contributed by atoms with Crippen LogP contribution < -0.4 is 0 Å². The number of aliphatic hydroxyl groups excluding tert-OH is 2. The largest absolute Gasteiger partial charge is 0.396 e. The Morgan fingerprint density at radius 2 is 1.64 bits per heavy atom. The standard InChI is InChI=1S/C12H20O2/c13-8-11-5-4-9-2-1-3-10(9)6-7-12(11)14/h11-14H,1-8H2. The summed E-state index contributed by atoms with van der Waals surface area (Å²) in [6.07, 6.45) is 7.54. The van der Waals surface area contributed by atoms with Crippen molar-refractivity contribution in [3.05, 3.63) is 11.1 Å². The van der Waals surface area contributed by atoms with Crippen molar-refractivity contribution < 1.29 is 10.2 Å². The van der Waals surface area contributed by atoms with Gasteiger partial charge in [0.05, 0.1) is 6.10 Å². The van der Waals surface area contributed by atoms with E-state index in [4.69, 9.17) is 5.11 Å². The molecule has 2 unspecified atom stereocenters. The van der Waals surface area contributed by atoms with Crippen LogP contribution in [0.15, 0.2) is 11.1 Å². The Bertz CT molecular complexity index is 232. The zero-order valence-corrected chi connectivity index (χ0v) is 8.71. The van der Waals surface area contributed by atoms with Crippen molar-refractivity contribution >= 4 is 0 Å². The first-order valence-corrected chi connectivity index (χ1v) is 5.80. The molecule has 2 aliphatic rings. The Labute approximate surface area is 85.6 Å². The van der Waals surface area contributed by atoms with Gasteiger partial charge in [0.2, 0.25) is 0 Å². The monoisotopic (exact) mass is 196 g/mol. The van der Waals surface area contributed by atoms with Crippen LogP contribution in [0.25, 0.3) is 0 Å². The molecule has 0 amide bonds. The predicted molar refractivity (Wildman–Crippen MR) is 55.9 cm³/mol. The minimum Gasteiger partial charge on any atom is -0.396 e. The molecule has 14 heavy (non-hydrogen) atoms. The normalized spacial score (nSPS) is 33.9. The molecule has 2 atom stereocenters. The van der Waals surface area contributed by atoms with E-state index in [2.05, 4.69) is 0 Å². The Morgan fingerprint density at radius 1 is 1.00 bits per heavy atom. The lowest BCUT2D eigenvalue weighted by molar-refractivity contribution is 0.0549. The van der Waals surface area contributed by atoms with Crippen molar-refractivity contribution in [1.82, 2.24) is 0 Å². The van der Waals surface area contributed by atoms with E-state index < -0.39 is 0 Å². The molecule has 0 saturated heterocycles. The first-order valence-electron chi connectivity index (χ1n) is 5.80. The molecule has 0 heterocycles. The Kier molecular flexibility index (Phi) is 3.24. The van der Waals surface area contributed by atoms with E-state index in [0.29, 0.717) is 0 Å². The molecule has 2 aliphatic carbocycles. The van der Waals surface area contributed by atoms with Gasteiger partial charge in [0.15, 0.2) is 0 Å². The quantitative estimate of drug-likeness (QED) is 0.630. The first-order chi connectivity index (χ1) is 6.81. The number of aliphatic hydroxyl groups is 2. The second kappa shape index (κ2) is 4.45. The highest BCUT2D eigenvalue weighted by Crippen LogP contribution is 2.36. The van der Waals surface area contributed by atoms with Crippen molar-refractivity contribution in [3.63, 3.8) is 0 Å². The fourth-order valence-electron chi connectivity index (χ4n) is 2.80. The summed E-state index contributed by atoms with van der Waals surface area (Å²) in [5.41, 5.74) is 3.25. The van der Waals surface area contributed by atoms with Crippen LogP contribution in [0, 0.1) is 5.92 Å². The van der Waals surface area contributed by atoms with Gasteiger partial charge in [-0.2, -0.15) is 0 Å². The molecule has 2 N–H and O–H groups in total. The van der Waals surface area contributed by atoms with Crippen LogP contribution in [-0.4, -0.2) is 22.9 Å². The van der Waals surface area contributed by atoms with Crippen LogP contribution in [0.1, 0.15) is 44.9 Å². The summed E-state index contributed by atoms with van der Waals surface area (Å²) in [5, 5.41) is 19.0. The molecule has 0 bridgehead atoms. The Morgan fingerprint density at radius 3 is 2.29 bits per heavy atom. The minimum absolute atomic E-state index is 0.115. The molecule has 0 spiro atoms. The molecular formula is C12H20O2. The molecule has 2 nitrogen and oxygen atoms in total. The minimum atomic E-state index is -0.283. The van der Waals surface area contributed by atoms with E-state index in [1.807, 2.05) is 0 Å². The van der Waals surface area contributed by atoms with Gasteiger partial charge in [0.25, 0.3) is 0 Å². The van der Waals surface area contributed by atoms with Crippen LogP contribution in [0.2, 0.25) is 0 Å². The molecular weight excluding hydrogens is 176 g/mol. The van der Waals surface area contributed by atoms with Crippen LogP contribution >= 0.6 is 0 Å². The fourth-order valence-corrected chi connectivity index (χ4v) is 2.80. The molecule has 0 aromatic heterocycles. The van der Waals surface area contributed by atoms with Crippen LogP contribution in [-0.2, 0) is 0 Å². The molecule has 2 rings (SSSR count). The van der Waals surface area contributed by atoms with Crippen molar-refractivity contribution in [2.24, 2.45) is 5.92 Å². The molecule has 0 aromatic rings. The second-order valence-corrected chi connectivity index (χ2v) is 4.65. The maximum Gasteiger partial charge on any atom is 0.0593 e. The zero-order chi connectivity index (χ0) is 9.97. The lowest BCUT2D eigenvalue weighted by Gasteiger charge is -2.24. The third kappa shape index (κ3) is 2.01. The molecule has 0 aliphatic heterocycles. The van der Waals surface area contributed by atoms with E-state index >= 15 is 0 Å². The lowest BCUT2D eigenvalue weighted by atomic mass is 9.87. The van der Waals surface area contributed by atoms with E-state index in [0.717, 1.165) is 25.7 Å². The lowest BCUT2D eigenvalue weighted by Crippen LogP contribution is -2.25. The van der Waals surface area contributed by atoms with Crippen LogP contribution in [0.5, 0.6) is 0 Å². The maximum atomic E-state index is 9.81. The summed E-state index contributed by atoms with van der Waals surface area (Å²) < 4.78 is 0. The van der Waals surface area contributed by atoms with E-state index in [1.165, 1.54) is 19.3 Å². The van der Waals surface area contributed by atoms with E-state index in [1.54, 1.807) is 11.1 Å². The van der Waals surface area contributed by atoms with Gasteiger partial charge in [-0.15, -0.1) is 0 Å². The summed E-state index contributed by atoms with van der Waals surface area (Å²) in [6.45, 7) is 0.143. The maximum absolute atomic E-state index is 9.81. The number of rotatable bonds is 1. The van der Waals surface area contributed by atoms with Gasteiger partial charge in [-0.1, -0.05) is 11.1 Å². The highest BCUT2D eigenvalue weighted by Gasteiger charge is 2.24. The van der Waals surface area contributed by atoms with Gasteiger partial charge in [-0.25, -0.2) is 0 Å². The zero-order valence-electron chi connectivity index (χ0n) is 8.71. The molecule has 0 radical (unpaired) electrons. The van der Waals surface area contributed by atoms with Crippen molar-refractivity contribution in [1.29, 1.82) is 0 Å². The fraction of sp³-hybridized carbons (Fsp3) is 0.833. The van der Waals surface area contributed by atoms with Crippen molar-refractivity contribution in [2.75, 3.05) is 6.61 Å². The van der Waals surface area contributed by atoms with E-state index in [-0.39, 0.29) is 18.6 Å². The molecule has 80 valence electrons. The smallest absolute Gasteiger partial charge is 0.0593 e. The van der Waals surface area contributed by atoms with Crippen molar-refractivity contribution in [2.45, 2.75) is 51.0 Å². The molecule has 0 aromatic carbocycles. The summed E-state index contributed by atoms with van der Waals surface area (Å²) in [7, 11) is 0. The summed E-state index contributed by atoms with van der Waals surface area (Å²) in [6, 6.07) is 0. The predicted octanol–water partition coefficient (Wildman–Crippen LogP) is 2.01. The number of hydrogen-bond acceptors (Lipinski definition) is 2. The van der Waals surface area contributed by atoms with Crippen LogP contribution in [0.3, 0.4) is 0 Å². The Hall–Kier alpha value is -0.340. The topological polar surface area (TPSA) is 40.5 Å². The Balaban J connectivity index is 2.04. The SMILES string of the molecule is OCC1CCC2=C(CCC2)CCC1O. The summed E-state index contributed by atoms with van der Waals surface area (Å²) in [4.78, 5) is 0. The van der Waals surface area contributed by atoms with Gasteiger partial charge >= 0.3 is 0 Å². The third-order valence-electron chi connectivity index (χ3n) is 3.79. The molecule has 0 fully saturated rings. The van der Waals surface area contributed by atoms with Gasteiger partial charge in [-0.3, -0.25) is 0 Å². The third-order valence-corrected chi connectivity index (χ3v) is 3.79. The highest BCUT2D eigenvalue weighted by atomic mass is 16.3. The van der Waals surface area contributed by atoms with Gasteiger partial charge in [-0.05, 0) is 44.9 Å². The number of hydrogen-bond donors (Lipinski definition) is 2. The molecule has 2 heteroatoms. The van der Waals surface area contributed by atoms with Gasteiger partial charge in [0, 0.05) is 12.5 Å². The van der Waals surface area contributed by atoms with Crippen molar-refractivity contribution in [3.8, 4) is 0 Å². The number of allylic oxidation sites excluding steroid dienone is 2. The average Bonchev–Trinajstić information content (AvgIpc) is 2.60. The van der Waals surface area contributed by atoms with Gasteiger partial charge < -0.3 is 10.2 Å². The summed E-state index contributed by atoms with van der Waals surface area (Å²) >= 11 is 0. The summed E-state index contributed by atoms with van der Waals surface area (Å²) in [5.74, 6) is 0.115. The first kappa shape index (κ1) is 10.2. The highest BCUT2D eigenvalue weighted by molar-refractivity contribution is 5.20. The van der Waals surface area contributed by atoms with Crippen LogP contribution in [0.4, 0.5) is 0 Å². The molecule has 0 saturated carbocycles. The average molecular weight is 196 g/mol. The van der Waals surface area contributed by atoms with E-state index in [9.17, 15) is 5.11 Å². The second-order valence-electron chi connectivity index (χ2n) is 4.65.